The predicted octanol–water partition coefficient (Wildman–Crippen LogP) is 3.52. The molecular weight excluding hydrogens is 494 g/mol. The lowest BCUT2D eigenvalue weighted by Gasteiger charge is -2.37. The summed E-state index contributed by atoms with van der Waals surface area (Å²) in [5.41, 5.74) is 1.95. The van der Waals surface area contributed by atoms with Gasteiger partial charge >= 0.3 is 0 Å². The number of hydrogen-bond donors (Lipinski definition) is 4. The molecule has 0 aliphatic rings. The van der Waals surface area contributed by atoms with Gasteiger partial charge < -0.3 is 24.8 Å². The molecule has 0 saturated heterocycles. The van der Waals surface area contributed by atoms with E-state index in [0.717, 1.165) is 16.7 Å². The van der Waals surface area contributed by atoms with E-state index in [1.165, 1.54) is 0 Å². The Bertz CT molecular complexity index is 1540. The van der Waals surface area contributed by atoms with Crippen molar-refractivity contribution in [3.63, 3.8) is 0 Å². The normalized spacial score (nSPS) is 11.7. The average Bonchev–Trinajstić information content (AvgIpc) is 3.40. The number of fused-ring (bicyclic) bond motifs is 1. The molecule has 0 bridgehead atoms. The maximum Gasteiger partial charge on any atom is 0.280 e. The van der Waals surface area contributed by atoms with Crippen LogP contribution in [-0.2, 0) is 12.1 Å². The highest BCUT2D eigenvalue weighted by molar-refractivity contribution is 5.71. The number of anilines is 1. The molecule has 2 heterocycles. The smallest absolute Gasteiger partial charge is 0.280 e. The number of aryl methyl sites for hydroxylation is 1. The first-order valence-electron chi connectivity index (χ1n) is 12.8. The van der Waals surface area contributed by atoms with Crippen molar-refractivity contribution in [2.24, 2.45) is 5.92 Å². The van der Waals surface area contributed by atoms with Gasteiger partial charge in [-0.3, -0.25) is 9.78 Å². The van der Waals surface area contributed by atoms with Crippen molar-refractivity contribution >= 4 is 17.1 Å². The van der Waals surface area contributed by atoms with Crippen LogP contribution in [0.2, 0.25) is 0 Å². The zero-order chi connectivity index (χ0) is 27.2. The van der Waals surface area contributed by atoms with E-state index >= 15 is 0 Å². The second-order valence-electron chi connectivity index (χ2n) is 9.35. The predicted molar refractivity (Wildman–Crippen MR) is 150 cm³/mol. The summed E-state index contributed by atoms with van der Waals surface area (Å²) < 4.78 is 7.59. The van der Waals surface area contributed by atoms with E-state index in [2.05, 4.69) is 15.3 Å². The van der Waals surface area contributed by atoms with Gasteiger partial charge in [0.15, 0.2) is 11.2 Å². The monoisotopic (exact) mass is 525 g/mol. The van der Waals surface area contributed by atoms with E-state index in [4.69, 9.17) is 9.72 Å². The summed E-state index contributed by atoms with van der Waals surface area (Å²) in [6.07, 6.45) is 2.07. The number of aromatic nitrogens is 4. The van der Waals surface area contributed by atoms with E-state index in [1.807, 2.05) is 84.9 Å². The van der Waals surface area contributed by atoms with Crippen molar-refractivity contribution < 1.29 is 14.9 Å². The number of ether oxygens (including phenoxy) is 1. The minimum atomic E-state index is -0.984. The number of rotatable bonds is 11. The summed E-state index contributed by atoms with van der Waals surface area (Å²) in [6, 6.07) is 27.7. The van der Waals surface area contributed by atoms with Gasteiger partial charge in [-0.05, 0) is 23.6 Å². The summed E-state index contributed by atoms with van der Waals surface area (Å²) in [6.45, 7) is 0.187. The molecule has 3 aromatic carbocycles. The van der Waals surface area contributed by atoms with Crippen LogP contribution in [0.25, 0.3) is 11.2 Å². The molecule has 9 nitrogen and oxygen atoms in total. The van der Waals surface area contributed by atoms with Gasteiger partial charge in [-0.25, -0.2) is 4.98 Å². The Balaban J connectivity index is 1.71. The van der Waals surface area contributed by atoms with Gasteiger partial charge in [-0.1, -0.05) is 78.9 Å². The van der Waals surface area contributed by atoms with Crippen molar-refractivity contribution in [3.8, 4) is 5.75 Å². The molecule has 2 aromatic heterocycles. The molecule has 5 rings (SSSR count). The quantitative estimate of drug-likeness (QED) is 0.195. The number of nitrogens with one attached hydrogen (secondary N) is 2. The Labute approximate surface area is 225 Å². The van der Waals surface area contributed by atoms with Crippen LogP contribution in [0, 0.1) is 5.92 Å². The number of imidazole rings is 1. The van der Waals surface area contributed by atoms with E-state index in [-0.39, 0.29) is 36.2 Å². The highest BCUT2D eigenvalue weighted by Gasteiger charge is 2.39. The van der Waals surface area contributed by atoms with Crippen LogP contribution in [0.1, 0.15) is 23.1 Å². The van der Waals surface area contributed by atoms with Crippen LogP contribution in [0.15, 0.2) is 96.1 Å². The Morgan fingerprint density at radius 2 is 1.56 bits per heavy atom. The topological polar surface area (TPSA) is 125 Å². The van der Waals surface area contributed by atoms with E-state index in [9.17, 15) is 15.0 Å². The molecule has 39 heavy (non-hydrogen) atoms. The van der Waals surface area contributed by atoms with E-state index < -0.39 is 5.54 Å². The fourth-order valence-corrected chi connectivity index (χ4v) is 4.94. The van der Waals surface area contributed by atoms with Crippen LogP contribution >= 0.6 is 0 Å². The summed E-state index contributed by atoms with van der Waals surface area (Å²) in [7, 11) is 1.64. The van der Waals surface area contributed by atoms with Gasteiger partial charge in [0, 0.05) is 31.2 Å². The first-order valence-corrected chi connectivity index (χ1v) is 12.8. The lowest BCUT2D eigenvalue weighted by Crippen LogP contribution is -2.39. The SMILES string of the molecule is COc1ccccc1C(Nc1nc2c(ncn2CCC(CO)CO)c(=O)[nH]1)(c1ccccc1)c1ccccc1. The maximum atomic E-state index is 13.2. The lowest BCUT2D eigenvalue weighted by molar-refractivity contribution is 0.140. The first kappa shape index (κ1) is 26.1. The van der Waals surface area contributed by atoms with Crippen LogP contribution in [0.4, 0.5) is 5.95 Å². The first-order chi connectivity index (χ1) is 19.1. The van der Waals surface area contributed by atoms with E-state index in [0.29, 0.717) is 24.4 Å². The van der Waals surface area contributed by atoms with Crippen molar-refractivity contribution in [1.29, 1.82) is 0 Å². The molecular formula is C30H31N5O4. The van der Waals surface area contributed by atoms with Crippen LogP contribution in [0.3, 0.4) is 0 Å². The average molecular weight is 526 g/mol. The van der Waals surface area contributed by atoms with Gasteiger partial charge in [0.05, 0.1) is 13.4 Å². The summed E-state index contributed by atoms with van der Waals surface area (Å²) >= 11 is 0. The number of hydrogen-bond acceptors (Lipinski definition) is 7. The van der Waals surface area contributed by atoms with Crippen molar-refractivity contribution in [1.82, 2.24) is 19.5 Å². The number of nitrogens with zero attached hydrogens (tertiary/aromatic N) is 3. The van der Waals surface area contributed by atoms with Gasteiger partial charge in [-0.2, -0.15) is 4.98 Å². The number of para-hydroxylation sites is 1. The number of aliphatic hydroxyl groups is 2. The number of aliphatic hydroxyl groups excluding tert-OH is 2. The zero-order valence-electron chi connectivity index (χ0n) is 21.6. The van der Waals surface area contributed by atoms with E-state index in [1.54, 1.807) is 18.0 Å². The summed E-state index contributed by atoms with van der Waals surface area (Å²) in [4.78, 5) is 25.1. The molecule has 0 atom stereocenters. The Morgan fingerprint density at radius 1 is 0.949 bits per heavy atom. The minimum Gasteiger partial charge on any atom is -0.496 e. The van der Waals surface area contributed by atoms with Gasteiger partial charge in [0.2, 0.25) is 5.95 Å². The molecule has 0 saturated carbocycles. The third-order valence-electron chi connectivity index (χ3n) is 7.00. The lowest BCUT2D eigenvalue weighted by atomic mass is 9.76. The van der Waals surface area contributed by atoms with Crippen LogP contribution in [0.5, 0.6) is 5.75 Å². The van der Waals surface area contributed by atoms with Gasteiger partial charge in [0.1, 0.15) is 11.3 Å². The highest BCUT2D eigenvalue weighted by atomic mass is 16.5. The largest absolute Gasteiger partial charge is 0.496 e. The third-order valence-corrected chi connectivity index (χ3v) is 7.00. The number of benzene rings is 3. The fourth-order valence-electron chi connectivity index (χ4n) is 4.94. The molecule has 200 valence electrons. The third kappa shape index (κ3) is 5.01. The highest BCUT2D eigenvalue weighted by Crippen LogP contribution is 2.43. The van der Waals surface area contributed by atoms with Gasteiger partial charge in [-0.15, -0.1) is 0 Å². The summed E-state index contributed by atoms with van der Waals surface area (Å²) in [5.74, 6) is 0.662. The van der Waals surface area contributed by atoms with Crippen molar-refractivity contribution in [3.05, 3.63) is 118 Å². The maximum absolute atomic E-state index is 13.2. The molecule has 5 aromatic rings. The second-order valence-corrected chi connectivity index (χ2v) is 9.35. The molecule has 0 spiro atoms. The minimum absolute atomic E-state index is 0.125. The Hall–Kier alpha value is -4.47. The molecule has 0 radical (unpaired) electrons. The van der Waals surface area contributed by atoms with Gasteiger partial charge in [0.25, 0.3) is 5.56 Å². The Morgan fingerprint density at radius 3 is 2.18 bits per heavy atom. The standard InChI is InChI=1S/C30H31N5O4/c1-39-25-15-9-8-14-24(25)30(22-10-4-2-5-11-22,23-12-6-3-7-13-23)34-29-32-27-26(28(38)33-29)31-20-35(27)17-16-21(18-36)19-37/h2-15,20-21,36-37H,16-19H2,1H3,(H2,32,33,34,38). The number of aromatic amines is 1. The molecule has 4 N–H and O–H groups in total. The number of H-pyrrole nitrogens is 1. The Kier molecular flexibility index (Phi) is 7.72. The molecule has 0 unspecified atom stereocenters. The van der Waals surface area contributed by atoms with Crippen LogP contribution in [-0.4, -0.2) is 50.1 Å². The molecule has 0 aliphatic carbocycles. The fraction of sp³-hybridized carbons (Fsp3) is 0.233. The van der Waals surface area contributed by atoms with Crippen molar-refractivity contribution in [2.75, 3.05) is 25.6 Å². The second kappa shape index (κ2) is 11.5. The molecule has 0 aliphatic heterocycles. The zero-order valence-corrected chi connectivity index (χ0v) is 21.6. The number of methoxy groups -OCH3 is 1. The molecule has 9 heteroatoms. The molecule has 0 amide bonds. The van der Waals surface area contributed by atoms with Crippen molar-refractivity contribution in [2.45, 2.75) is 18.5 Å². The summed E-state index contributed by atoms with van der Waals surface area (Å²) in [5, 5.41) is 22.5. The molecule has 0 fully saturated rings. The van der Waals surface area contributed by atoms with Crippen LogP contribution < -0.4 is 15.6 Å².